The molecule has 10 nitrogen and oxygen atoms in total. The van der Waals surface area contributed by atoms with Gasteiger partial charge in [0.2, 0.25) is 0 Å². The first-order valence-electron chi connectivity index (χ1n) is 17.3. The first-order valence-corrected chi connectivity index (χ1v) is 17.3. The molecule has 5 aliphatic rings. The van der Waals surface area contributed by atoms with E-state index in [4.69, 9.17) is 23.4 Å². The van der Waals surface area contributed by atoms with E-state index in [1.54, 1.807) is 38.3 Å². The molecule has 4 aliphatic carbocycles. The van der Waals surface area contributed by atoms with Crippen LogP contribution in [0.3, 0.4) is 0 Å². The van der Waals surface area contributed by atoms with E-state index in [2.05, 4.69) is 0 Å². The second-order valence-electron chi connectivity index (χ2n) is 15.8. The minimum Gasteiger partial charge on any atom is -0.472 e. The van der Waals surface area contributed by atoms with Gasteiger partial charge in [-0.1, -0.05) is 47.6 Å². The molecule has 1 aromatic rings. The van der Waals surface area contributed by atoms with Gasteiger partial charge in [-0.05, 0) is 50.3 Å². The zero-order valence-corrected chi connectivity index (χ0v) is 29.5. The van der Waals surface area contributed by atoms with Crippen molar-refractivity contribution in [2.75, 3.05) is 6.61 Å². The van der Waals surface area contributed by atoms with Gasteiger partial charge in [0, 0.05) is 52.1 Å². The van der Waals surface area contributed by atoms with E-state index in [0.717, 1.165) is 5.57 Å². The van der Waals surface area contributed by atoms with Crippen molar-refractivity contribution < 1.29 is 47.6 Å². The van der Waals surface area contributed by atoms with Crippen molar-refractivity contribution >= 4 is 23.7 Å². The van der Waals surface area contributed by atoms with E-state index >= 15 is 0 Å². The largest absolute Gasteiger partial charge is 0.472 e. The third kappa shape index (κ3) is 4.57. The van der Waals surface area contributed by atoms with Gasteiger partial charge in [0.15, 0.2) is 5.78 Å². The lowest BCUT2D eigenvalue weighted by Gasteiger charge is -2.69. The summed E-state index contributed by atoms with van der Waals surface area (Å²) < 4.78 is 31.0. The van der Waals surface area contributed by atoms with Crippen molar-refractivity contribution in [3.8, 4) is 0 Å². The number of carbonyl (C=O) groups excluding carboxylic acids is 4. The Labute approximate surface area is 282 Å². The second kappa shape index (κ2) is 11.7. The summed E-state index contributed by atoms with van der Waals surface area (Å²) in [5.41, 5.74) is -1.76. The molecule has 6 rings (SSSR count). The van der Waals surface area contributed by atoms with Crippen molar-refractivity contribution in [1.29, 1.82) is 0 Å². The number of aliphatic hydroxyl groups is 1. The van der Waals surface area contributed by atoms with Gasteiger partial charge < -0.3 is 28.5 Å². The Morgan fingerprint density at radius 1 is 1.06 bits per heavy atom. The molecule has 1 aliphatic heterocycles. The first kappa shape index (κ1) is 34.6. The number of ketones is 1. The van der Waals surface area contributed by atoms with Gasteiger partial charge in [0.05, 0.1) is 43.2 Å². The monoisotopic (exact) mass is 666 g/mol. The summed E-state index contributed by atoms with van der Waals surface area (Å²) in [4.78, 5) is 53.7. The van der Waals surface area contributed by atoms with Crippen LogP contribution in [0, 0.1) is 39.4 Å². The summed E-state index contributed by atoms with van der Waals surface area (Å²) in [7, 11) is 0. The van der Waals surface area contributed by atoms with Crippen LogP contribution in [0.1, 0.15) is 93.1 Å². The molecule has 10 heteroatoms. The van der Waals surface area contributed by atoms with E-state index in [9.17, 15) is 24.3 Å². The molecule has 1 N–H and O–H groups in total. The summed E-state index contributed by atoms with van der Waals surface area (Å²) in [6.07, 6.45) is 3.61. The number of esters is 3. The molecular formula is C38H50O10. The summed E-state index contributed by atoms with van der Waals surface area (Å²) >= 11 is 0. The Morgan fingerprint density at radius 2 is 1.77 bits per heavy atom. The molecule has 0 bridgehead atoms. The highest BCUT2D eigenvalue weighted by Gasteiger charge is 2.79. The average Bonchev–Trinajstić information content (AvgIpc) is 3.75. The molecule has 0 amide bonds. The quantitative estimate of drug-likeness (QED) is 0.226. The van der Waals surface area contributed by atoms with E-state index in [1.807, 2.05) is 41.5 Å². The minimum absolute atomic E-state index is 0.153. The van der Waals surface area contributed by atoms with E-state index in [-0.39, 0.29) is 30.7 Å². The minimum atomic E-state index is -1.01. The topological polar surface area (TPSA) is 139 Å². The molecule has 0 spiro atoms. The zero-order chi connectivity index (χ0) is 35.1. The van der Waals surface area contributed by atoms with Crippen LogP contribution in [0.4, 0.5) is 0 Å². The SMILES string of the molecule is CC=C(C)C(=O)OC1CC(O)C2(C)C3C(OCC13C)C(OC(=O)C(C)CC)C1(C)C3=CC(=O)C(c4ccoc4)C3(C)C(OC(C)=O)CC12. The number of hydrogen-bond donors (Lipinski definition) is 1. The predicted octanol–water partition coefficient (Wildman–Crippen LogP) is 5.48. The first-order chi connectivity index (χ1) is 22.5. The van der Waals surface area contributed by atoms with Crippen molar-refractivity contribution in [1.82, 2.24) is 0 Å². The Balaban J connectivity index is 1.56. The molecule has 13 atom stereocenters. The Morgan fingerprint density at radius 3 is 2.38 bits per heavy atom. The molecule has 13 unspecified atom stereocenters. The van der Waals surface area contributed by atoms with Crippen molar-refractivity contribution in [2.24, 2.45) is 39.4 Å². The molecule has 48 heavy (non-hydrogen) atoms. The van der Waals surface area contributed by atoms with Gasteiger partial charge in [0.1, 0.15) is 18.3 Å². The number of ether oxygens (including phenoxy) is 4. The average molecular weight is 667 g/mol. The van der Waals surface area contributed by atoms with Crippen LogP contribution < -0.4 is 0 Å². The van der Waals surface area contributed by atoms with Crippen molar-refractivity contribution in [3.63, 3.8) is 0 Å². The lowest BCUT2D eigenvalue weighted by atomic mass is 9.36. The Kier molecular flexibility index (Phi) is 8.42. The molecule has 0 aromatic carbocycles. The number of fused-ring (bicyclic) bond motifs is 4. The normalized spacial score (nSPS) is 43.8. The van der Waals surface area contributed by atoms with Gasteiger partial charge >= 0.3 is 17.9 Å². The number of furan rings is 1. The van der Waals surface area contributed by atoms with E-state index < -0.39 is 81.9 Å². The lowest BCUT2D eigenvalue weighted by molar-refractivity contribution is -0.272. The third-order valence-electron chi connectivity index (χ3n) is 13.4. The molecular weight excluding hydrogens is 616 g/mol. The second-order valence-corrected chi connectivity index (χ2v) is 15.8. The van der Waals surface area contributed by atoms with Crippen LogP contribution >= 0.6 is 0 Å². The molecule has 1 saturated heterocycles. The summed E-state index contributed by atoms with van der Waals surface area (Å²) in [5.74, 6) is -3.37. The zero-order valence-electron chi connectivity index (χ0n) is 29.5. The van der Waals surface area contributed by atoms with Gasteiger partial charge in [-0.3, -0.25) is 14.4 Å². The van der Waals surface area contributed by atoms with Crippen LogP contribution in [0.25, 0.3) is 0 Å². The van der Waals surface area contributed by atoms with Gasteiger partial charge in [0.25, 0.3) is 0 Å². The van der Waals surface area contributed by atoms with Gasteiger partial charge in [-0.15, -0.1) is 0 Å². The highest BCUT2D eigenvalue weighted by atomic mass is 16.6. The maximum atomic E-state index is 14.1. The number of carbonyl (C=O) groups is 4. The summed E-state index contributed by atoms with van der Waals surface area (Å²) in [6, 6.07) is 1.76. The summed E-state index contributed by atoms with van der Waals surface area (Å²) in [6.45, 7) is 16.9. The maximum Gasteiger partial charge on any atom is 0.333 e. The number of aliphatic hydroxyl groups excluding tert-OH is 1. The van der Waals surface area contributed by atoms with Crippen LogP contribution in [-0.2, 0) is 38.1 Å². The standard InChI is InChI=1S/C38H50O10/c1-10-19(3)33(42)47-27-16-26(41)37(8)25-15-28(46-21(5)39)38(9)24(14-23(40)29(38)22-12-13-44-17-22)36(25,7)32(48-34(43)20(4)11-2)30-31(37)35(27,6)18-45-30/h10,12-14,17,20,25-32,41H,11,15-16,18H2,1-9H3. The summed E-state index contributed by atoms with van der Waals surface area (Å²) in [5, 5.41) is 12.3. The van der Waals surface area contributed by atoms with Crippen LogP contribution in [0.5, 0.6) is 0 Å². The van der Waals surface area contributed by atoms with Crippen LogP contribution in [0.15, 0.2) is 46.3 Å². The Hall–Kier alpha value is -3.24. The molecule has 2 heterocycles. The fraction of sp³-hybridized carbons (Fsp3) is 0.684. The van der Waals surface area contributed by atoms with Gasteiger partial charge in [-0.25, -0.2) is 4.79 Å². The van der Waals surface area contributed by atoms with E-state index in [1.165, 1.54) is 13.2 Å². The predicted molar refractivity (Wildman–Crippen MR) is 173 cm³/mol. The van der Waals surface area contributed by atoms with Crippen molar-refractivity contribution in [3.05, 3.63) is 47.5 Å². The van der Waals surface area contributed by atoms with Crippen LogP contribution in [-0.4, -0.2) is 65.9 Å². The lowest BCUT2D eigenvalue weighted by Crippen LogP contribution is -2.74. The highest BCUT2D eigenvalue weighted by Crippen LogP contribution is 2.75. The fourth-order valence-corrected chi connectivity index (χ4v) is 10.7. The number of allylic oxidation sites excluding steroid dienone is 2. The molecule has 262 valence electrons. The molecule has 0 radical (unpaired) electrons. The van der Waals surface area contributed by atoms with Crippen LogP contribution in [0.2, 0.25) is 0 Å². The number of rotatable bonds is 7. The Bertz CT molecular complexity index is 1560. The maximum absolute atomic E-state index is 14.1. The fourth-order valence-electron chi connectivity index (χ4n) is 10.7. The third-order valence-corrected chi connectivity index (χ3v) is 13.4. The van der Waals surface area contributed by atoms with E-state index in [0.29, 0.717) is 24.0 Å². The van der Waals surface area contributed by atoms with Gasteiger partial charge in [-0.2, -0.15) is 0 Å². The highest BCUT2D eigenvalue weighted by molar-refractivity contribution is 6.01. The van der Waals surface area contributed by atoms with Crippen molar-refractivity contribution in [2.45, 2.75) is 118 Å². The molecule has 3 saturated carbocycles. The smallest absolute Gasteiger partial charge is 0.333 e. The number of hydrogen-bond acceptors (Lipinski definition) is 10. The molecule has 1 aromatic heterocycles. The molecule has 4 fully saturated rings.